The first-order valence-electron chi connectivity index (χ1n) is 5.19. The van der Waals surface area contributed by atoms with Gasteiger partial charge in [0, 0.05) is 25.5 Å². The topological polar surface area (TPSA) is 32.3 Å². The van der Waals surface area contributed by atoms with Crippen LogP contribution in [-0.4, -0.2) is 37.5 Å². The van der Waals surface area contributed by atoms with E-state index in [-0.39, 0.29) is 11.9 Å². The predicted octanol–water partition coefficient (Wildman–Crippen LogP) is 2.01. The number of hydrogen-bond donors (Lipinski definition) is 1. The zero-order chi connectivity index (χ0) is 12.1. The van der Waals surface area contributed by atoms with Crippen molar-refractivity contribution in [1.29, 1.82) is 0 Å². The molecule has 1 heterocycles. The van der Waals surface area contributed by atoms with Gasteiger partial charge in [0.25, 0.3) is 0 Å². The summed E-state index contributed by atoms with van der Waals surface area (Å²) in [5.74, 6) is 0.101. The first-order valence-corrected chi connectivity index (χ1v) is 6.39. The second-order valence-electron chi connectivity index (χ2n) is 3.86. The van der Waals surface area contributed by atoms with Crippen molar-refractivity contribution in [2.45, 2.75) is 19.4 Å². The summed E-state index contributed by atoms with van der Waals surface area (Å²) in [6.45, 7) is 2.67. The van der Waals surface area contributed by atoms with E-state index in [9.17, 15) is 4.79 Å². The number of rotatable bonds is 5. The average molecular weight is 261 g/mol. The molecule has 16 heavy (non-hydrogen) atoms. The zero-order valence-corrected chi connectivity index (χ0v) is 11.4. The molecule has 1 aromatic rings. The highest BCUT2D eigenvalue weighted by atomic mass is 35.5. The van der Waals surface area contributed by atoms with Gasteiger partial charge in [0.15, 0.2) is 0 Å². The van der Waals surface area contributed by atoms with Crippen LogP contribution >= 0.6 is 22.9 Å². The smallest absolute Gasteiger partial charge is 0.238 e. The molecule has 1 atom stereocenters. The summed E-state index contributed by atoms with van der Waals surface area (Å²) in [5, 5.41) is 3.19. The van der Waals surface area contributed by atoms with Crippen molar-refractivity contribution in [3.63, 3.8) is 0 Å². The van der Waals surface area contributed by atoms with Crippen LogP contribution in [0.25, 0.3) is 0 Å². The van der Waals surface area contributed by atoms with Crippen LogP contribution in [0.4, 0.5) is 0 Å². The van der Waals surface area contributed by atoms with Crippen LogP contribution in [0, 0.1) is 0 Å². The summed E-state index contributed by atoms with van der Waals surface area (Å²) in [6.07, 6.45) is 0.905. The number of nitrogens with one attached hydrogen (secondary N) is 1. The monoisotopic (exact) mass is 260 g/mol. The molecule has 0 spiro atoms. The molecule has 1 amide bonds. The summed E-state index contributed by atoms with van der Waals surface area (Å²) in [7, 11) is 3.53. The summed E-state index contributed by atoms with van der Waals surface area (Å²) < 4.78 is 0.812. The quantitative estimate of drug-likeness (QED) is 0.879. The van der Waals surface area contributed by atoms with Gasteiger partial charge >= 0.3 is 0 Å². The summed E-state index contributed by atoms with van der Waals surface area (Å²) in [5.41, 5.74) is 0. The van der Waals surface area contributed by atoms with Crippen molar-refractivity contribution in [3.05, 3.63) is 21.3 Å². The number of halogens is 1. The Hall–Kier alpha value is -0.580. The zero-order valence-electron chi connectivity index (χ0n) is 9.79. The normalized spacial score (nSPS) is 12.5. The minimum atomic E-state index is -0.134. The summed E-state index contributed by atoms with van der Waals surface area (Å²) in [4.78, 5) is 14.4. The van der Waals surface area contributed by atoms with E-state index >= 15 is 0 Å². The number of carbonyl (C=O) groups is 1. The number of amides is 1. The summed E-state index contributed by atoms with van der Waals surface area (Å²) in [6, 6.07) is 3.79. The lowest BCUT2D eigenvalue weighted by atomic mass is 10.2. The Morgan fingerprint density at radius 1 is 1.56 bits per heavy atom. The van der Waals surface area contributed by atoms with Gasteiger partial charge in [-0.15, -0.1) is 11.3 Å². The van der Waals surface area contributed by atoms with Gasteiger partial charge in [-0.05, 0) is 25.5 Å². The fourth-order valence-electron chi connectivity index (χ4n) is 1.37. The molecule has 0 bridgehead atoms. The first-order chi connectivity index (χ1) is 7.50. The van der Waals surface area contributed by atoms with Gasteiger partial charge in [0.1, 0.15) is 0 Å². The molecule has 0 aliphatic heterocycles. The largest absolute Gasteiger partial charge is 0.347 e. The van der Waals surface area contributed by atoms with Crippen LogP contribution in [0.15, 0.2) is 12.1 Å². The molecule has 3 nitrogen and oxygen atoms in total. The number of carbonyl (C=O) groups excluding carboxylic acids is 1. The van der Waals surface area contributed by atoms with E-state index in [2.05, 4.69) is 5.32 Å². The fraction of sp³-hybridized carbons (Fsp3) is 0.545. The number of likely N-dealkylation sites (N-methyl/N-ethyl adjacent to an activating group) is 1. The predicted molar refractivity (Wildman–Crippen MR) is 69.2 cm³/mol. The van der Waals surface area contributed by atoms with Gasteiger partial charge in [-0.25, -0.2) is 0 Å². The molecular weight excluding hydrogens is 244 g/mol. The lowest BCUT2D eigenvalue weighted by molar-refractivity contribution is -0.130. The van der Waals surface area contributed by atoms with E-state index in [4.69, 9.17) is 11.6 Å². The Morgan fingerprint density at radius 2 is 2.25 bits per heavy atom. The maximum atomic E-state index is 11.5. The van der Waals surface area contributed by atoms with E-state index in [1.807, 2.05) is 19.1 Å². The fourth-order valence-corrected chi connectivity index (χ4v) is 2.46. The van der Waals surface area contributed by atoms with Gasteiger partial charge in [0.2, 0.25) is 5.91 Å². The van der Waals surface area contributed by atoms with Crippen molar-refractivity contribution < 1.29 is 4.79 Å². The first kappa shape index (κ1) is 13.5. The standard InChI is InChI=1S/C11H17ClN2OS/c1-8(11(15)14(2)3)13-7-6-9-4-5-10(12)16-9/h4-5,8,13H,6-7H2,1-3H3. The molecule has 1 aromatic heterocycles. The van der Waals surface area contributed by atoms with E-state index < -0.39 is 0 Å². The molecule has 1 rings (SSSR count). The molecule has 0 aromatic carbocycles. The minimum Gasteiger partial charge on any atom is -0.347 e. The third kappa shape index (κ3) is 4.12. The van der Waals surface area contributed by atoms with Gasteiger partial charge in [-0.1, -0.05) is 11.6 Å². The van der Waals surface area contributed by atoms with Crippen molar-refractivity contribution in [2.24, 2.45) is 0 Å². The highest BCUT2D eigenvalue weighted by molar-refractivity contribution is 7.16. The van der Waals surface area contributed by atoms with Crippen LogP contribution in [0.2, 0.25) is 4.34 Å². The molecule has 0 aliphatic carbocycles. The Morgan fingerprint density at radius 3 is 2.75 bits per heavy atom. The van der Waals surface area contributed by atoms with Crippen LogP contribution < -0.4 is 5.32 Å². The molecule has 90 valence electrons. The van der Waals surface area contributed by atoms with Crippen molar-refractivity contribution in [2.75, 3.05) is 20.6 Å². The average Bonchev–Trinajstić information content (AvgIpc) is 2.62. The van der Waals surface area contributed by atoms with Crippen molar-refractivity contribution in [1.82, 2.24) is 10.2 Å². The van der Waals surface area contributed by atoms with Gasteiger partial charge in [-0.3, -0.25) is 4.79 Å². The second kappa shape index (κ2) is 6.23. The van der Waals surface area contributed by atoms with E-state index in [1.165, 1.54) is 4.88 Å². The van der Waals surface area contributed by atoms with Crippen molar-refractivity contribution >= 4 is 28.8 Å². The minimum absolute atomic E-state index is 0.101. The highest BCUT2D eigenvalue weighted by Crippen LogP contribution is 2.21. The van der Waals surface area contributed by atoms with E-state index in [0.29, 0.717) is 0 Å². The molecule has 1 N–H and O–H groups in total. The lowest BCUT2D eigenvalue weighted by Gasteiger charge is -2.17. The summed E-state index contributed by atoms with van der Waals surface area (Å²) >= 11 is 7.42. The Balaban J connectivity index is 2.28. The van der Waals surface area contributed by atoms with Gasteiger partial charge in [0.05, 0.1) is 10.4 Å². The van der Waals surface area contributed by atoms with Crippen LogP contribution in [0.1, 0.15) is 11.8 Å². The maximum Gasteiger partial charge on any atom is 0.238 e. The van der Waals surface area contributed by atoms with E-state index in [0.717, 1.165) is 17.3 Å². The molecular formula is C11H17ClN2OS. The molecule has 1 unspecified atom stereocenters. The van der Waals surface area contributed by atoms with Crippen molar-refractivity contribution in [3.8, 4) is 0 Å². The van der Waals surface area contributed by atoms with Gasteiger partial charge < -0.3 is 10.2 Å². The van der Waals surface area contributed by atoms with Crippen LogP contribution in [0.5, 0.6) is 0 Å². The Labute approximate surface area is 105 Å². The molecule has 0 saturated carbocycles. The lowest BCUT2D eigenvalue weighted by Crippen LogP contribution is -2.42. The van der Waals surface area contributed by atoms with Crippen LogP contribution in [0.3, 0.4) is 0 Å². The number of nitrogens with zero attached hydrogens (tertiary/aromatic N) is 1. The molecule has 5 heteroatoms. The van der Waals surface area contributed by atoms with Gasteiger partial charge in [-0.2, -0.15) is 0 Å². The maximum absolute atomic E-state index is 11.5. The third-order valence-electron chi connectivity index (χ3n) is 2.26. The SMILES string of the molecule is CC(NCCc1ccc(Cl)s1)C(=O)N(C)C. The number of hydrogen-bond acceptors (Lipinski definition) is 3. The molecule has 0 fully saturated rings. The molecule has 0 radical (unpaired) electrons. The third-order valence-corrected chi connectivity index (χ3v) is 3.55. The molecule has 0 saturated heterocycles. The Bertz CT molecular complexity index is 352. The molecule has 0 aliphatic rings. The second-order valence-corrected chi connectivity index (χ2v) is 5.66. The number of thiophene rings is 1. The highest BCUT2D eigenvalue weighted by Gasteiger charge is 2.13. The Kier molecular flexibility index (Phi) is 5.25. The van der Waals surface area contributed by atoms with E-state index in [1.54, 1.807) is 30.3 Å². The van der Waals surface area contributed by atoms with Crippen LogP contribution in [-0.2, 0) is 11.2 Å².